The van der Waals surface area contributed by atoms with E-state index >= 15 is 0 Å². The summed E-state index contributed by atoms with van der Waals surface area (Å²) >= 11 is 1.70. The number of hydrogen-bond donors (Lipinski definition) is 2. The highest BCUT2D eigenvalue weighted by atomic mass is 32.1. The van der Waals surface area contributed by atoms with Gasteiger partial charge in [0.1, 0.15) is 17.3 Å². The zero-order valence-corrected chi connectivity index (χ0v) is 16.2. The largest absolute Gasteiger partial charge is 0.474 e. The topological polar surface area (TPSA) is 90.1 Å². The van der Waals surface area contributed by atoms with Crippen LogP contribution in [0.2, 0.25) is 0 Å². The lowest BCUT2D eigenvalue weighted by Crippen LogP contribution is -2.45. The molecule has 7 heteroatoms. The summed E-state index contributed by atoms with van der Waals surface area (Å²) in [6, 6.07) is 0. The number of rotatable bonds is 5. The molecule has 0 radical (unpaired) electrons. The first kappa shape index (κ1) is 17.7. The van der Waals surface area contributed by atoms with Gasteiger partial charge in [0, 0.05) is 16.8 Å². The van der Waals surface area contributed by atoms with Gasteiger partial charge in [0.2, 0.25) is 11.8 Å². The van der Waals surface area contributed by atoms with Crippen LogP contribution >= 0.6 is 11.3 Å². The Kier molecular flexibility index (Phi) is 4.61. The molecule has 0 aliphatic heterocycles. The Labute approximate surface area is 157 Å². The van der Waals surface area contributed by atoms with Gasteiger partial charge in [0.15, 0.2) is 0 Å². The van der Waals surface area contributed by atoms with Crippen molar-refractivity contribution >= 4 is 27.5 Å². The molecule has 2 aliphatic rings. The maximum Gasteiger partial charge on any atom is 0.225 e. The monoisotopic (exact) mass is 374 g/mol. The van der Waals surface area contributed by atoms with Crippen LogP contribution in [0.5, 0.6) is 5.88 Å². The zero-order chi connectivity index (χ0) is 18.3. The fourth-order valence-electron chi connectivity index (χ4n) is 4.33. The molecule has 1 atom stereocenters. The summed E-state index contributed by atoms with van der Waals surface area (Å²) < 4.78 is 6.35. The molecule has 0 aromatic carbocycles. The van der Waals surface area contributed by atoms with Gasteiger partial charge in [-0.25, -0.2) is 9.97 Å². The van der Waals surface area contributed by atoms with E-state index in [1.54, 1.807) is 17.7 Å². The summed E-state index contributed by atoms with van der Waals surface area (Å²) in [5.41, 5.74) is 6.87. The Hall–Kier alpha value is -1.73. The van der Waals surface area contributed by atoms with Crippen LogP contribution in [0.25, 0.3) is 10.2 Å². The van der Waals surface area contributed by atoms with Crippen LogP contribution in [0.3, 0.4) is 0 Å². The highest BCUT2D eigenvalue weighted by Crippen LogP contribution is 2.47. The first-order chi connectivity index (χ1) is 12.5. The number of aryl methyl sites for hydroxylation is 1. The Morgan fingerprint density at radius 2 is 2.15 bits per heavy atom. The lowest BCUT2D eigenvalue weighted by Gasteiger charge is -2.37. The number of hydrogen-bond acceptors (Lipinski definition) is 6. The molecule has 0 bridgehead atoms. The zero-order valence-electron chi connectivity index (χ0n) is 15.4. The maximum atomic E-state index is 11.5. The number of fused-ring (bicyclic) bond motifs is 3. The van der Waals surface area contributed by atoms with Gasteiger partial charge in [0.05, 0.1) is 5.39 Å². The van der Waals surface area contributed by atoms with Crippen LogP contribution in [-0.2, 0) is 11.2 Å². The van der Waals surface area contributed by atoms with Gasteiger partial charge in [-0.2, -0.15) is 0 Å². The number of aromatic nitrogens is 2. The highest BCUT2D eigenvalue weighted by Gasteiger charge is 2.33. The van der Waals surface area contributed by atoms with Crippen LogP contribution in [0.1, 0.15) is 61.8 Å². The summed E-state index contributed by atoms with van der Waals surface area (Å²) in [6.45, 7) is 2.27. The number of carbonyl (C=O) groups excluding carboxylic acids is 1. The number of nitrogens with two attached hydrogens (primary N) is 1. The quantitative estimate of drug-likeness (QED) is 0.840. The van der Waals surface area contributed by atoms with Crippen LogP contribution in [0.4, 0.5) is 0 Å². The Balaban J connectivity index is 1.61. The van der Waals surface area contributed by atoms with Gasteiger partial charge in [-0.05, 0) is 64.0 Å². The number of nitrogens with zero attached hydrogens (tertiary/aromatic N) is 2. The minimum absolute atomic E-state index is 0.170. The standard InChI is InChI=1S/C19H26N4O2S/c1-19(21-2)7-5-12(6-8-19)25-17-16-15-11(9-14(20)24)3-4-13(15)26-18(16)23-10-22-17/h10-12,21H,3-9H2,1-2H3,(H2,20,24)/t11-,12-,19-/m1/s1. The minimum atomic E-state index is -0.250. The molecule has 3 N–H and O–H groups in total. The first-order valence-corrected chi connectivity index (χ1v) is 10.2. The number of thiophene rings is 1. The van der Waals surface area contributed by atoms with Crippen LogP contribution < -0.4 is 15.8 Å². The lowest BCUT2D eigenvalue weighted by atomic mass is 9.82. The van der Waals surface area contributed by atoms with E-state index in [0.29, 0.717) is 12.3 Å². The van der Waals surface area contributed by atoms with E-state index in [2.05, 4.69) is 22.2 Å². The highest BCUT2D eigenvalue weighted by molar-refractivity contribution is 7.19. The second-order valence-corrected chi connectivity index (χ2v) is 8.92. The summed E-state index contributed by atoms with van der Waals surface area (Å²) in [4.78, 5) is 22.7. The van der Waals surface area contributed by atoms with Gasteiger partial charge in [-0.3, -0.25) is 4.79 Å². The Bertz CT molecular complexity index is 826. The van der Waals surface area contributed by atoms with Crippen molar-refractivity contribution in [3.63, 3.8) is 0 Å². The second kappa shape index (κ2) is 6.78. The van der Waals surface area contributed by atoms with Gasteiger partial charge in [-0.15, -0.1) is 11.3 Å². The molecule has 0 spiro atoms. The predicted molar refractivity (Wildman–Crippen MR) is 103 cm³/mol. The van der Waals surface area contributed by atoms with Crippen molar-refractivity contribution in [3.05, 3.63) is 16.8 Å². The van der Waals surface area contributed by atoms with Crippen LogP contribution in [0, 0.1) is 0 Å². The molecule has 26 heavy (non-hydrogen) atoms. The van der Waals surface area contributed by atoms with E-state index < -0.39 is 0 Å². The van der Waals surface area contributed by atoms with Crippen molar-refractivity contribution < 1.29 is 9.53 Å². The van der Waals surface area contributed by atoms with Gasteiger partial charge in [0.25, 0.3) is 0 Å². The number of carbonyl (C=O) groups is 1. The summed E-state index contributed by atoms with van der Waals surface area (Å²) in [6.07, 6.45) is 8.32. The van der Waals surface area contributed by atoms with E-state index in [4.69, 9.17) is 10.5 Å². The van der Waals surface area contributed by atoms with Crippen molar-refractivity contribution in [2.24, 2.45) is 5.73 Å². The summed E-state index contributed by atoms with van der Waals surface area (Å²) in [5, 5.41) is 4.44. The van der Waals surface area contributed by atoms with Crippen molar-refractivity contribution in [1.82, 2.24) is 15.3 Å². The molecule has 2 aromatic rings. The molecule has 1 saturated carbocycles. The fourth-order valence-corrected chi connectivity index (χ4v) is 5.56. The van der Waals surface area contributed by atoms with Crippen molar-refractivity contribution in [1.29, 1.82) is 0 Å². The molecule has 1 amide bonds. The summed E-state index contributed by atoms with van der Waals surface area (Å²) in [5.74, 6) is 0.602. The molecule has 2 aliphatic carbocycles. The SMILES string of the molecule is CN[C@]1(C)CC[C@@H](Oc2ncnc3sc4c(c23)[C@@H](CC(N)=O)CC4)CC1. The number of primary amides is 1. The van der Waals surface area contributed by atoms with Crippen molar-refractivity contribution in [2.45, 2.75) is 69.4 Å². The van der Waals surface area contributed by atoms with E-state index in [1.165, 1.54) is 10.4 Å². The number of amides is 1. The normalized spacial score (nSPS) is 28.2. The first-order valence-electron chi connectivity index (χ1n) is 9.39. The molecule has 2 aromatic heterocycles. The molecule has 4 rings (SSSR count). The third-order valence-corrected chi connectivity index (χ3v) is 7.23. The van der Waals surface area contributed by atoms with Gasteiger partial charge < -0.3 is 15.8 Å². The number of ether oxygens (including phenoxy) is 1. The van der Waals surface area contributed by atoms with E-state index in [-0.39, 0.29) is 23.5 Å². The molecular weight excluding hydrogens is 348 g/mol. The van der Waals surface area contributed by atoms with E-state index in [9.17, 15) is 4.79 Å². The molecule has 0 saturated heterocycles. The number of nitrogens with one attached hydrogen (secondary N) is 1. The lowest BCUT2D eigenvalue weighted by molar-refractivity contribution is -0.118. The predicted octanol–water partition coefficient (Wildman–Crippen LogP) is 2.90. The van der Waals surface area contributed by atoms with E-state index in [0.717, 1.165) is 48.7 Å². The fraction of sp³-hybridized carbons (Fsp3) is 0.632. The van der Waals surface area contributed by atoms with Crippen molar-refractivity contribution in [2.75, 3.05) is 7.05 Å². The Morgan fingerprint density at radius 3 is 2.85 bits per heavy atom. The van der Waals surface area contributed by atoms with Crippen LogP contribution in [-0.4, -0.2) is 34.6 Å². The van der Waals surface area contributed by atoms with Gasteiger partial charge >= 0.3 is 0 Å². The average molecular weight is 375 g/mol. The molecule has 6 nitrogen and oxygen atoms in total. The third-order valence-electron chi connectivity index (χ3n) is 6.06. The van der Waals surface area contributed by atoms with E-state index in [1.807, 2.05) is 7.05 Å². The smallest absolute Gasteiger partial charge is 0.225 e. The Morgan fingerprint density at radius 1 is 1.38 bits per heavy atom. The molecular formula is C19H26N4O2S. The maximum absolute atomic E-state index is 11.5. The molecule has 0 unspecified atom stereocenters. The van der Waals surface area contributed by atoms with Crippen LogP contribution in [0.15, 0.2) is 6.33 Å². The second-order valence-electron chi connectivity index (χ2n) is 7.83. The van der Waals surface area contributed by atoms with Crippen molar-refractivity contribution in [3.8, 4) is 5.88 Å². The third kappa shape index (κ3) is 3.18. The average Bonchev–Trinajstić information content (AvgIpc) is 3.17. The molecule has 140 valence electrons. The minimum Gasteiger partial charge on any atom is -0.474 e. The summed E-state index contributed by atoms with van der Waals surface area (Å²) in [7, 11) is 2.03. The molecule has 2 heterocycles. The molecule has 1 fully saturated rings. The van der Waals surface area contributed by atoms with Gasteiger partial charge in [-0.1, -0.05) is 0 Å².